The van der Waals surface area contributed by atoms with E-state index in [9.17, 15) is 0 Å². The van der Waals surface area contributed by atoms with E-state index in [2.05, 4.69) is 39.6 Å². The molecule has 0 atom stereocenters. The molecule has 0 bridgehead atoms. The van der Waals surface area contributed by atoms with Crippen LogP contribution in [0, 0.1) is 0 Å². The number of rotatable bonds is 8. The van der Waals surface area contributed by atoms with Gasteiger partial charge in [0.1, 0.15) is 0 Å². The van der Waals surface area contributed by atoms with E-state index in [1.807, 2.05) is 16.9 Å². The number of guanidine groups is 1. The predicted octanol–water partition coefficient (Wildman–Crippen LogP) is 0.390. The zero-order valence-electron chi connectivity index (χ0n) is 12.3. The van der Waals surface area contributed by atoms with Gasteiger partial charge in [0.2, 0.25) is 0 Å². The molecule has 19 heavy (non-hydrogen) atoms. The van der Waals surface area contributed by atoms with Gasteiger partial charge in [-0.05, 0) is 26.1 Å². The quantitative estimate of drug-likeness (QED) is 0.406. The molecule has 1 aromatic rings. The fraction of sp³-hybridized carbons (Fsp3) is 0.692. The number of aryl methyl sites for hydroxylation is 1. The van der Waals surface area contributed by atoms with Gasteiger partial charge in [0.25, 0.3) is 0 Å². The van der Waals surface area contributed by atoms with Gasteiger partial charge in [0.15, 0.2) is 5.96 Å². The third-order valence-electron chi connectivity index (χ3n) is 2.97. The second-order valence-electron chi connectivity index (χ2n) is 4.44. The Balaban J connectivity index is 2.08. The minimum absolute atomic E-state index is 0.866. The molecule has 0 spiro atoms. The minimum Gasteiger partial charge on any atom is -0.356 e. The van der Waals surface area contributed by atoms with Gasteiger partial charge >= 0.3 is 0 Å². The van der Waals surface area contributed by atoms with Crippen LogP contribution < -0.4 is 10.6 Å². The summed E-state index contributed by atoms with van der Waals surface area (Å²) in [6, 6.07) is 1.94. The second kappa shape index (κ2) is 9.38. The molecule has 1 heterocycles. The van der Waals surface area contributed by atoms with Crippen molar-refractivity contribution in [1.82, 2.24) is 25.3 Å². The molecule has 0 saturated carbocycles. The molecule has 0 fully saturated rings. The van der Waals surface area contributed by atoms with Gasteiger partial charge in [0, 0.05) is 45.6 Å². The number of nitrogens with one attached hydrogen (secondary N) is 2. The van der Waals surface area contributed by atoms with Gasteiger partial charge in [-0.1, -0.05) is 6.92 Å². The summed E-state index contributed by atoms with van der Waals surface area (Å²) in [6.45, 7) is 6.96. The molecular weight excluding hydrogens is 240 g/mol. The SMILES string of the molecule is CCN(C)CCNC(=NC)NCCCn1cccn1. The molecule has 6 heteroatoms. The zero-order chi connectivity index (χ0) is 13.9. The normalized spacial score (nSPS) is 11.9. The Kier molecular flexibility index (Phi) is 7.65. The Labute approximate surface area is 115 Å². The monoisotopic (exact) mass is 266 g/mol. The van der Waals surface area contributed by atoms with Crippen LogP contribution in [0.1, 0.15) is 13.3 Å². The highest BCUT2D eigenvalue weighted by molar-refractivity contribution is 5.79. The zero-order valence-corrected chi connectivity index (χ0v) is 12.3. The minimum atomic E-state index is 0.866. The standard InChI is InChI=1S/C13H26N6/c1-4-18(3)12-9-16-13(14-2)15-7-5-10-19-11-6-8-17-19/h6,8,11H,4-5,7,9-10,12H2,1-3H3,(H2,14,15,16). The molecule has 0 amide bonds. The maximum Gasteiger partial charge on any atom is 0.191 e. The smallest absolute Gasteiger partial charge is 0.191 e. The van der Waals surface area contributed by atoms with Crippen LogP contribution in [0.4, 0.5) is 0 Å². The van der Waals surface area contributed by atoms with E-state index >= 15 is 0 Å². The molecule has 0 aliphatic rings. The number of aromatic nitrogens is 2. The average molecular weight is 266 g/mol. The third kappa shape index (κ3) is 6.81. The Morgan fingerprint density at radius 3 is 2.79 bits per heavy atom. The van der Waals surface area contributed by atoms with Crippen molar-refractivity contribution in [1.29, 1.82) is 0 Å². The second-order valence-corrected chi connectivity index (χ2v) is 4.44. The molecule has 0 saturated heterocycles. The van der Waals surface area contributed by atoms with Crippen molar-refractivity contribution < 1.29 is 0 Å². The van der Waals surface area contributed by atoms with Gasteiger partial charge < -0.3 is 15.5 Å². The molecule has 6 nitrogen and oxygen atoms in total. The molecular formula is C13H26N6. The van der Waals surface area contributed by atoms with Gasteiger partial charge in [-0.2, -0.15) is 5.10 Å². The molecule has 0 unspecified atom stereocenters. The fourth-order valence-corrected chi connectivity index (χ4v) is 1.62. The van der Waals surface area contributed by atoms with Crippen molar-refractivity contribution >= 4 is 5.96 Å². The summed E-state index contributed by atoms with van der Waals surface area (Å²) in [5.41, 5.74) is 0. The number of hydrogen-bond acceptors (Lipinski definition) is 3. The summed E-state index contributed by atoms with van der Waals surface area (Å²) in [5.74, 6) is 0.866. The van der Waals surface area contributed by atoms with Crippen LogP contribution in [0.15, 0.2) is 23.5 Å². The first-order valence-corrected chi connectivity index (χ1v) is 6.86. The van der Waals surface area contributed by atoms with E-state index in [1.54, 1.807) is 13.2 Å². The predicted molar refractivity (Wildman–Crippen MR) is 79.4 cm³/mol. The number of nitrogens with zero attached hydrogens (tertiary/aromatic N) is 4. The first kappa shape index (κ1) is 15.5. The fourth-order valence-electron chi connectivity index (χ4n) is 1.62. The lowest BCUT2D eigenvalue weighted by Gasteiger charge is -2.16. The lowest BCUT2D eigenvalue weighted by molar-refractivity contribution is 0.357. The van der Waals surface area contributed by atoms with Crippen LogP contribution in [-0.2, 0) is 6.54 Å². The molecule has 2 N–H and O–H groups in total. The van der Waals surface area contributed by atoms with Crippen molar-refractivity contribution in [2.75, 3.05) is 40.3 Å². The molecule has 0 radical (unpaired) electrons. The summed E-state index contributed by atoms with van der Waals surface area (Å²) < 4.78 is 1.94. The van der Waals surface area contributed by atoms with Crippen molar-refractivity contribution in [3.05, 3.63) is 18.5 Å². The van der Waals surface area contributed by atoms with Crippen LogP contribution in [0.2, 0.25) is 0 Å². The summed E-state index contributed by atoms with van der Waals surface area (Å²) >= 11 is 0. The van der Waals surface area contributed by atoms with Crippen molar-refractivity contribution in [2.45, 2.75) is 19.9 Å². The summed E-state index contributed by atoms with van der Waals surface area (Å²) in [6.07, 6.45) is 4.81. The lowest BCUT2D eigenvalue weighted by Crippen LogP contribution is -2.41. The van der Waals surface area contributed by atoms with Gasteiger partial charge in [-0.25, -0.2) is 0 Å². The van der Waals surface area contributed by atoms with E-state index in [0.29, 0.717) is 0 Å². The van der Waals surface area contributed by atoms with Crippen LogP contribution in [-0.4, -0.2) is 60.9 Å². The van der Waals surface area contributed by atoms with Crippen LogP contribution >= 0.6 is 0 Å². The topological polar surface area (TPSA) is 57.5 Å². The summed E-state index contributed by atoms with van der Waals surface area (Å²) in [5, 5.41) is 10.8. The Morgan fingerprint density at radius 2 is 2.16 bits per heavy atom. The largest absolute Gasteiger partial charge is 0.356 e. The highest BCUT2D eigenvalue weighted by Crippen LogP contribution is 1.87. The van der Waals surface area contributed by atoms with Crippen LogP contribution in [0.5, 0.6) is 0 Å². The van der Waals surface area contributed by atoms with E-state index in [1.165, 1.54) is 0 Å². The van der Waals surface area contributed by atoms with E-state index in [0.717, 1.165) is 45.1 Å². The Hall–Kier alpha value is -1.56. The summed E-state index contributed by atoms with van der Waals surface area (Å²) in [7, 11) is 3.91. The third-order valence-corrected chi connectivity index (χ3v) is 2.97. The maximum absolute atomic E-state index is 4.20. The lowest BCUT2D eigenvalue weighted by atomic mass is 10.4. The van der Waals surface area contributed by atoms with Gasteiger partial charge in [-0.15, -0.1) is 0 Å². The van der Waals surface area contributed by atoms with E-state index in [-0.39, 0.29) is 0 Å². The molecule has 0 aliphatic carbocycles. The Bertz CT molecular complexity index is 346. The van der Waals surface area contributed by atoms with E-state index < -0.39 is 0 Å². The number of hydrogen-bond donors (Lipinski definition) is 2. The highest BCUT2D eigenvalue weighted by Gasteiger charge is 1.98. The highest BCUT2D eigenvalue weighted by atomic mass is 15.3. The van der Waals surface area contributed by atoms with Crippen LogP contribution in [0.25, 0.3) is 0 Å². The first-order chi connectivity index (χ1) is 9.26. The van der Waals surface area contributed by atoms with Crippen molar-refractivity contribution in [2.24, 2.45) is 4.99 Å². The molecule has 108 valence electrons. The van der Waals surface area contributed by atoms with Gasteiger partial charge in [0.05, 0.1) is 0 Å². The maximum atomic E-state index is 4.20. The van der Waals surface area contributed by atoms with E-state index in [4.69, 9.17) is 0 Å². The Morgan fingerprint density at radius 1 is 1.37 bits per heavy atom. The van der Waals surface area contributed by atoms with Crippen molar-refractivity contribution in [3.63, 3.8) is 0 Å². The van der Waals surface area contributed by atoms with Gasteiger partial charge in [-0.3, -0.25) is 9.67 Å². The average Bonchev–Trinajstić information content (AvgIpc) is 2.94. The molecule has 0 aromatic carbocycles. The number of likely N-dealkylation sites (N-methyl/N-ethyl adjacent to an activating group) is 1. The molecule has 1 aromatic heterocycles. The van der Waals surface area contributed by atoms with Crippen LogP contribution in [0.3, 0.4) is 0 Å². The molecule has 0 aliphatic heterocycles. The molecule has 1 rings (SSSR count). The first-order valence-electron chi connectivity index (χ1n) is 6.86. The summed E-state index contributed by atoms with van der Waals surface area (Å²) in [4.78, 5) is 6.46. The number of aliphatic imine (C=N–C) groups is 1. The van der Waals surface area contributed by atoms with Crippen molar-refractivity contribution in [3.8, 4) is 0 Å².